The van der Waals surface area contributed by atoms with Crippen LogP contribution < -0.4 is 16.3 Å². The van der Waals surface area contributed by atoms with Crippen molar-refractivity contribution in [2.75, 3.05) is 6.61 Å². The maximum absolute atomic E-state index is 6.18. The first kappa shape index (κ1) is 15.2. The quantitative estimate of drug-likeness (QED) is 0.829. The van der Waals surface area contributed by atoms with E-state index >= 15 is 0 Å². The minimum Gasteiger partial charge on any atom is -0.348 e. The lowest BCUT2D eigenvalue weighted by Crippen LogP contribution is -2.32. The first-order chi connectivity index (χ1) is 9.68. The molecule has 0 radical (unpaired) electrons. The van der Waals surface area contributed by atoms with Gasteiger partial charge in [-0.05, 0) is 5.92 Å². The van der Waals surface area contributed by atoms with Crippen molar-refractivity contribution >= 4 is 18.8 Å². The molecule has 2 nitrogen and oxygen atoms in total. The summed E-state index contributed by atoms with van der Waals surface area (Å²) < 4.78 is 6.18. The number of benzene rings is 2. The van der Waals surface area contributed by atoms with Crippen molar-refractivity contribution < 1.29 is 4.52 Å². The van der Waals surface area contributed by atoms with Crippen LogP contribution in [-0.2, 0) is 4.52 Å². The van der Waals surface area contributed by atoms with Gasteiger partial charge in [-0.3, -0.25) is 0 Å². The van der Waals surface area contributed by atoms with Crippen molar-refractivity contribution in [3.63, 3.8) is 0 Å². The van der Waals surface area contributed by atoms with Crippen molar-refractivity contribution in [3.8, 4) is 0 Å². The number of hydrogen-bond donors (Lipinski definition) is 1. The van der Waals surface area contributed by atoms with Gasteiger partial charge >= 0.3 is 0 Å². The fourth-order valence-electron chi connectivity index (χ4n) is 1.78. The lowest BCUT2D eigenvalue weighted by molar-refractivity contribution is 0.288. The molecule has 0 spiro atoms. The van der Waals surface area contributed by atoms with Crippen LogP contribution in [0.1, 0.15) is 13.8 Å². The highest BCUT2D eigenvalue weighted by Gasteiger charge is 2.17. The summed E-state index contributed by atoms with van der Waals surface area (Å²) in [5, 5.41) is 2.45. The molecule has 106 valence electrons. The van der Waals surface area contributed by atoms with Gasteiger partial charge in [0, 0.05) is 16.7 Å². The Kier molecular flexibility index (Phi) is 5.72. The highest BCUT2D eigenvalue weighted by atomic mass is 31.1. The maximum Gasteiger partial charge on any atom is 0.0918 e. The molecule has 0 aromatic heterocycles. The molecule has 2 rings (SSSR count). The fraction of sp³-hybridized carbons (Fsp3) is 0.294. The molecule has 0 saturated heterocycles. The largest absolute Gasteiger partial charge is 0.348 e. The topological polar surface area (TPSA) is 35.2 Å². The van der Waals surface area contributed by atoms with Gasteiger partial charge in [0.1, 0.15) is 0 Å². The average molecular weight is 287 g/mol. The van der Waals surface area contributed by atoms with E-state index in [0.717, 1.165) is 0 Å². The Labute approximate surface area is 122 Å². The Morgan fingerprint density at radius 3 is 1.75 bits per heavy atom. The number of nitrogens with two attached hydrogens (primary N) is 1. The van der Waals surface area contributed by atoms with Gasteiger partial charge in [-0.15, -0.1) is 0 Å². The molecule has 0 aliphatic heterocycles. The first-order valence-corrected chi connectivity index (χ1v) is 8.23. The second-order valence-corrected chi connectivity index (χ2v) is 7.05. The smallest absolute Gasteiger partial charge is 0.0918 e. The molecule has 0 heterocycles. The molecule has 0 aliphatic rings. The van der Waals surface area contributed by atoms with Crippen LogP contribution in [0.15, 0.2) is 60.7 Å². The van der Waals surface area contributed by atoms with E-state index in [2.05, 4.69) is 62.4 Å². The van der Waals surface area contributed by atoms with Crippen LogP contribution in [0.5, 0.6) is 0 Å². The van der Waals surface area contributed by atoms with E-state index in [1.165, 1.54) is 10.6 Å². The van der Waals surface area contributed by atoms with Crippen molar-refractivity contribution in [1.82, 2.24) is 0 Å². The second-order valence-electron chi connectivity index (χ2n) is 5.17. The van der Waals surface area contributed by atoms with E-state index < -0.39 is 8.15 Å². The Balaban J connectivity index is 2.17. The molecule has 0 aliphatic carbocycles. The number of hydrogen-bond acceptors (Lipinski definition) is 2. The monoisotopic (exact) mass is 287 g/mol. The Morgan fingerprint density at radius 1 is 0.900 bits per heavy atom. The van der Waals surface area contributed by atoms with E-state index in [-0.39, 0.29) is 6.04 Å². The summed E-state index contributed by atoms with van der Waals surface area (Å²) in [5.74, 6) is 0.429. The summed E-state index contributed by atoms with van der Waals surface area (Å²) in [6.07, 6.45) is 0. The van der Waals surface area contributed by atoms with Gasteiger partial charge in [0.25, 0.3) is 0 Å². The predicted molar refractivity (Wildman–Crippen MR) is 87.8 cm³/mol. The average Bonchev–Trinajstić information content (AvgIpc) is 2.49. The lowest BCUT2D eigenvalue weighted by Gasteiger charge is -2.22. The van der Waals surface area contributed by atoms with E-state index in [1.807, 2.05) is 12.1 Å². The normalized spacial score (nSPS) is 12.8. The molecule has 0 fully saturated rings. The summed E-state index contributed by atoms with van der Waals surface area (Å²) in [4.78, 5) is 0. The Hall–Kier alpha value is -1.21. The van der Waals surface area contributed by atoms with Crippen LogP contribution in [-0.4, -0.2) is 12.6 Å². The van der Waals surface area contributed by atoms with Gasteiger partial charge in [-0.2, -0.15) is 0 Å². The molecule has 0 saturated carbocycles. The minimum atomic E-state index is -0.788. The van der Waals surface area contributed by atoms with Gasteiger partial charge in [0.05, 0.1) is 14.8 Å². The molecule has 0 amide bonds. The third-order valence-corrected chi connectivity index (χ3v) is 5.18. The molecule has 20 heavy (non-hydrogen) atoms. The SMILES string of the molecule is CC(C)C(N)COP(c1ccccc1)c1ccccc1. The van der Waals surface area contributed by atoms with Crippen LogP contribution in [0.25, 0.3) is 0 Å². The van der Waals surface area contributed by atoms with Gasteiger partial charge in [0.15, 0.2) is 0 Å². The van der Waals surface area contributed by atoms with Crippen molar-refractivity contribution in [2.24, 2.45) is 11.7 Å². The van der Waals surface area contributed by atoms with Gasteiger partial charge < -0.3 is 10.3 Å². The van der Waals surface area contributed by atoms with Crippen molar-refractivity contribution in [3.05, 3.63) is 60.7 Å². The van der Waals surface area contributed by atoms with Gasteiger partial charge in [-0.1, -0.05) is 74.5 Å². The highest BCUT2D eigenvalue weighted by molar-refractivity contribution is 7.68. The molecule has 2 aromatic rings. The zero-order valence-electron chi connectivity index (χ0n) is 12.1. The summed E-state index contributed by atoms with van der Waals surface area (Å²) in [7, 11) is -0.788. The van der Waals surface area contributed by atoms with Gasteiger partial charge in [0.2, 0.25) is 0 Å². The van der Waals surface area contributed by atoms with Crippen LogP contribution in [0.4, 0.5) is 0 Å². The second kappa shape index (κ2) is 7.54. The summed E-state index contributed by atoms with van der Waals surface area (Å²) in [6.45, 7) is 4.84. The summed E-state index contributed by atoms with van der Waals surface area (Å²) in [6, 6.07) is 20.9. The molecule has 2 N–H and O–H groups in total. The standard InChI is InChI=1S/C17H22NOP/c1-14(2)17(18)13-19-20(15-9-5-3-6-10-15)16-11-7-4-8-12-16/h3-12,14,17H,13,18H2,1-2H3. The molecule has 3 heteroatoms. The van der Waals surface area contributed by atoms with E-state index in [9.17, 15) is 0 Å². The molecular formula is C17H22NOP. The third kappa shape index (κ3) is 4.14. The molecule has 0 bridgehead atoms. The van der Waals surface area contributed by atoms with E-state index in [1.54, 1.807) is 0 Å². The summed E-state index contributed by atoms with van der Waals surface area (Å²) in [5.41, 5.74) is 6.11. The van der Waals surface area contributed by atoms with Gasteiger partial charge in [-0.25, -0.2) is 0 Å². The summed E-state index contributed by atoms with van der Waals surface area (Å²) >= 11 is 0. The molecule has 1 atom stereocenters. The molecular weight excluding hydrogens is 265 g/mol. The van der Waals surface area contributed by atoms with E-state index in [4.69, 9.17) is 10.3 Å². The fourth-order valence-corrected chi connectivity index (χ4v) is 3.58. The predicted octanol–water partition coefficient (Wildman–Crippen LogP) is 3.03. The number of rotatable bonds is 6. The Morgan fingerprint density at radius 2 is 1.35 bits per heavy atom. The van der Waals surface area contributed by atoms with Crippen molar-refractivity contribution in [1.29, 1.82) is 0 Å². The molecule has 2 aromatic carbocycles. The molecule has 1 unspecified atom stereocenters. The minimum absolute atomic E-state index is 0.0763. The maximum atomic E-state index is 6.18. The van der Waals surface area contributed by atoms with Crippen LogP contribution in [0, 0.1) is 5.92 Å². The Bertz CT molecular complexity index is 461. The van der Waals surface area contributed by atoms with E-state index in [0.29, 0.717) is 12.5 Å². The first-order valence-electron chi connectivity index (χ1n) is 6.97. The zero-order valence-corrected chi connectivity index (χ0v) is 13.0. The highest BCUT2D eigenvalue weighted by Crippen LogP contribution is 2.34. The van der Waals surface area contributed by atoms with Crippen LogP contribution in [0.2, 0.25) is 0 Å². The van der Waals surface area contributed by atoms with Crippen LogP contribution >= 0.6 is 8.15 Å². The zero-order chi connectivity index (χ0) is 14.4. The third-order valence-electron chi connectivity index (χ3n) is 3.23. The van der Waals surface area contributed by atoms with Crippen LogP contribution in [0.3, 0.4) is 0 Å². The lowest BCUT2D eigenvalue weighted by atomic mass is 10.1. The van der Waals surface area contributed by atoms with Crippen molar-refractivity contribution in [2.45, 2.75) is 19.9 Å².